The van der Waals surface area contributed by atoms with Gasteiger partial charge >= 0.3 is 0 Å². The molecule has 2 aromatic rings. The van der Waals surface area contributed by atoms with Gasteiger partial charge in [0.15, 0.2) is 17.3 Å². The fourth-order valence-corrected chi connectivity index (χ4v) is 3.65. The Hall–Kier alpha value is -3.41. The summed E-state index contributed by atoms with van der Waals surface area (Å²) in [7, 11) is 0. The first-order chi connectivity index (χ1) is 14.6. The van der Waals surface area contributed by atoms with Crippen molar-refractivity contribution in [1.29, 1.82) is 0 Å². The second kappa shape index (κ2) is 8.76. The van der Waals surface area contributed by atoms with Gasteiger partial charge in [0, 0.05) is 28.8 Å². The van der Waals surface area contributed by atoms with Crippen LogP contribution in [0.5, 0.6) is 28.7 Å². The predicted molar refractivity (Wildman–Crippen MR) is 118 cm³/mol. The summed E-state index contributed by atoms with van der Waals surface area (Å²) in [5.41, 5.74) is 3.73. The van der Waals surface area contributed by atoms with E-state index in [9.17, 15) is 25.2 Å². The van der Waals surface area contributed by atoms with E-state index < -0.39 is 6.10 Å². The number of benzene rings is 2. The van der Waals surface area contributed by atoms with Gasteiger partial charge in [0.25, 0.3) is 0 Å². The first kappa shape index (κ1) is 22.3. The lowest BCUT2D eigenvalue weighted by Gasteiger charge is -2.28. The van der Waals surface area contributed by atoms with Gasteiger partial charge in [-0.2, -0.15) is 0 Å². The van der Waals surface area contributed by atoms with Crippen LogP contribution in [0.2, 0.25) is 0 Å². The molecule has 0 bridgehead atoms. The Morgan fingerprint density at radius 3 is 2.26 bits per heavy atom. The van der Waals surface area contributed by atoms with E-state index in [0.717, 1.165) is 17.2 Å². The summed E-state index contributed by atoms with van der Waals surface area (Å²) in [6.45, 7) is 7.75. The zero-order chi connectivity index (χ0) is 22.9. The molecule has 2 aromatic carbocycles. The maximum Gasteiger partial charge on any atom is 0.174 e. The number of hydrogen-bond acceptors (Lipinski definition) is 6. The van der Waals surface area contributed by atoms with E-state index in [0.29, 0.717) is 29.5 Å². The Bertz CT molecular complexity index is 1090. The molecular weight excluding hydrogens is 396 g/mol. The second-order valence-electron chi connectivity index (χ2n) is 8.34. The lowest BCUT2D eigenvalue weighted by Crippen LogP contribution is -2.22. The van der Waals surface area contributed by atoms with Crippen molar-refractivity contribution in [3.05, 3.63) is 63.8 Å². The molecule has 1 aliphatic rings. The number of rotatable bonds is 5. The zero-order valence-corrected chi connectivity index (χ0v) is 18.2. The average Bonchev–Trinajstić information content (AvgIpc) is 2.66. The van der Waals surface area contributed by atoms with Crippen LogP contribution in [0.15, 0.2) is 41.5 Å². The van der Waals surface area contributed by atoms with Crippen LogP contribution in [0, 0.1) is 0 Å². The summed E-state index contributed by atoms with van der Waals surface area (Å²) in [6, 6.07) is 4.15. The number of phenols is 4. The number of carbonyl (C=O) groups excluding carboxylic acids is 1. The molecule has 1 aliphatic heterocycles. The van der Waals surface area contributed by atoms with Gasteiger partial charge in [-0.05, 0) is 46.6 Å². The highest BCUT2D eigenvalue weighted by molar-refractivity contribution is 6.02. The molecule has 0 unspecified atom stereocenters. The van der Waals surface area contributed by atoms with Crippen molar-refractivity contribution in [3.63, 3.8) is 0 Å². The van der Waals surface area contributed by atoms with E-state index in [4.69, 9.17) is 4.74 Å². The normalized spacial score (nSPS) is 15.1. The molecule has 0 aliphatic carbocycles. The third-order valence-corrected chi connectivity index (χ3v) is 5.27. The van der Waals surface area contributed by atoms with Gasteiger partial charge < -0.3 is 25.2 Å². The van der Waals surface area contributed by atoms with Crippen molar-refractivity contribution in [2.45, 2.75) is 53.1 Å². The minimum absolute atomic E-state index is 0.0349. The molecule has 3 rings (SSSR count). The molecular formula is C25H28O6. The highest BCUT2D eigenvalue weighted by Gasteiger charge is 2.33. The van der Waals surface area contributed by atoms with Crippen LogP contribution in [-0.4, -0.2) is 26.2 Å². The van der Waals surface area contributed by atoms with E-state index in [1.54, 1.807) is 6.07 Å². The summed E-state index contributed by atoms with van der Waals surface area (Å²) >= 11 is 0. The maximum absolute atomic E-state index is 12.8. The number of Topliss-reactive ketones (excluding diaryl/α,β-unsaturated/α-hetero) is 1. The van der Waals surface area contributed by atoms with Crippen molar-refractivity contribution in [2.75, 3.05) is 0 Å². The Balaban J connectivity index is 2.14. The van der Waals surface area contributed by atoms with Gasteiger partial charge in [0.05, 0.1) is 6.42 Å². The fourth-order valence-electron chi connectivity index (χ4n) is 3.65. The van der Waals surface area contributed by atoms with Gasteiger partial charge in [0.2, 0.25) is 0 Å². The summed E-state index contributed by atoms with van der Waals surface area (Å²) in [6.07, 6.45) is 3.84. The molecule has 31 heavy (non-hydrogen) atoms. The lowest BCUT2D eigenvalue weighted by atomic mass is 9.89. The Labute approximate surface area is 181 Å². The number of carbonyl (C=O) groups is 1. The first-order valence-electron chi connectivity index (χ1n) is 10.2. The monoisotopic (exact) mass is 424 g/mol. The molecule has 6 nitrogen and oxygen atoms in total. The Morgan fingerprint density at radius 2 is 1.61 bits per heavy atom. The summed E-state index contributed by atoms with van der Waals surface area (Å²) in [5, 5.41) is 41.3. The molecule has 6 heteroatoms. The number of allylic oxidation sites excluding steroid dienone is 4. The third-order valence-electron chi connectivity index (χ3n) is 5.27. The molecule has 4 N–H and O–H groups in total. The SMILES string of the molecule is CC(C)=CCc1cc([C@H]2CC(=O)c3c(O)cc(O)cc3O2)c(CC=C(C)C)c(O)c1O. The van der Waals surface area contributed by atoms with Crippen LogP contribution in [0.4, 0.5) is 0 Å². The zero-order valence-electron chi connectivity index (χ0n) is 18.2. The maximum atomic E-state index is 12.8. The molecule has 164 valence electrons. The van der Waals surface area contributed by atoms with Crippen molar-refractivity contribution < 1.29 is 30.0 Å². The Kier molecular flexibility index (Phi) is 6.29. The minimum atomic E-state index is -0.737. The fraction of sp³-hybridized carbons (Fsp3) is 0.320. The van der Waals surface area contributed by atoms with E-state index in [1.165, 1.54) is 6.07 Å². The van der Waals surface area contributed by atoms with E-state index in [1.807, 2.05) is 39.8 Å². The number of ether oxygens (including phenoxy) is 1. The standard InChI is InChI=1S/C25H28O6/c1-13(2)5-7-15-9-18(17(8-6-14(3)4)25(30)24(15)29)21-12-20(28)23-19(27)10-16(26)11-22(23)31-21/h5-6,9-11,21,26-27,29-30H,7-8,12H2,1-4H3/t21-/m1/s1. The Morgan fingerprint density at radius 1 is 0.968 bits per heavy atom. The van der Waals surface area contributed by atoms with Crippen molar-refractivity contribution in [1.82, 2.24) is 0 Å². The van der Waals surface area contributed by atoms with Crippen LogP contribution >= 0.6 is 0 Å². The van der Waals surface area contributed by atoms with Crippen LogP contribution in [-0.2, 0) is 12.8 Å². The molecule has 0 aromatic heterocycles. The quantitative estimate of drug-likeness (QED) is 0.387. The molecule has 1 heterocycles. The van der Waals surface area contributed by atoms with Gasteiger partial charge in [-0.25, -0.2) is 0 Å². The predicted octanol–water partition coefficient (Wildman–Crippen LogP) is 5.23. The molecule has 0 fully saturated rings. The van der Waals surface area contributed by atoms with E-state index in [-0.39, 0.29) is 46.5 Å². The molecule has 1 atom stereocenters. The lowest BCUT2D eigenvalue weighted by molar-refractivity contribution is 0.0843. The largest absolute Gasteiger partial charge is 0.508 e. The van der Waals surface area contributed by atoms with Crippen LogP contribution in [0.1, 0.15) is 67.3 Å². The van der Waals surface area contributed by atoms with Gasteiger partial charge in [0.1, 0.15) is 28.9 Å². The molecule has 0 saturated heterocycles. The van der Waals surface area contributed by atoms with Crippen LogP contribution < -0.4 is 4.74 Å². The van der Waals surface area contributed by atoms with E-state index >= 15 is 0 Å². The number of fused-ring (bicyclic) bond motifs is 1. The van der Waals surface area contributed by atoms with Crippen molar-refractivity contribution in [2.24, 2.45) is 0 Å². The highest BCUT2D eigenvalue weighted by atomic mass is 16.5. The van der Waals surface area contributed by atoms with Crippen LogP contribution in [0.3, 0.4) is 0 Å². The summed E-state index contributed by atoms with van der Waals surface area (Å²) in [5.74, 6) is -1.20. The number of phenolic OH excluding ortho intramolecular Hbond substituents is 4. The molecule has 0 spiro atoms. The first-order valence-corrected chi connectivity index (χ1v) is 10.2. The van der Waals surface area contributed by atoms with Gasteiger partial charge in [-0.1, -0.05) is 23.3 Å². The van der Waals surface area contributed by atoms with Gasteiger partial charge in [-0.15, -0.1) is 0 Å². The summed E-state index contributed by atoms with van der Waals surface area (Å²) < 4.78 is 6.00. The highest BCUT2D eigenvalue weighted by Crippen LogP contribution is 2.45. The van der Waals surface area contributed by atoms with Gasteiger partial charge in [-0.3, -0.25) is 4.79 Å². The number of ketones is 1. The van der Waals surface area contributed by atoms with Crippen molar-refractivity contribution >= 4 is 5.78 Å². The number of aromatic hydroxyl groups is 4. The van der Waals surface area contributed by atoms with Crippen LogP contribution in [0.25, 0.3) is 0 Å². The topological polar surface area (TPSA) is 107 Å². The van der Waals surface area contributed by atoms with E-state index in [2.05, 4.69) is 0 Å². The minimum Gasteiger partial charge on any atom is -0.508 e. The average molecular weight is 424 g/mol. The smallest absolute Gasteiger partial charge is 0.174 e. The summed E-state index contributed by atoms with van der Waals surface area (Å²) in [4.78, 5) is 12.8. The second-order valence-corrected chi connectivity index (χ2v) is 8.34. The molecule has 0 saturated carbocycles. The molecule has 0 radical (unpaired) electrons. The van der Waals surface area contributed by atoms with Crippen molar-refractivity contribution in [3.8, 4) is 28.7 Å². The third kappa shape index (κ3) is 4.68. The molecule has 0 amide bonds. The number of hydrogen-bond donors (Lipinski definition) is 4.